The first-order chi connectivity index (χ1) is 13.7. The summed E-state index contributed by atoms with van der Waals surface area (Å²) in [6.45, 7) is 0. The Morgan fingerprint density at radius 3 is 2.54 bits per heavy atom. The van der Waals surface area contributed by atoms with Crippen LogP contribution in [0.1, 0.15) is 27.8 Å². The summed E-state index contributed by atoms with van der Waals surface area (Å²) in [7, 11) is 0. The van der Waals surface area contributed by atoms with Gasteiger partial charge in [0.1, 0.15) is 5.76 Å². The van der Waals surface area contributed by atoms with Gasteiger partial charge in [0.15, 0.2) is 6.10 Å². The summed E-state index contributed by atoms with van der Waals surface area (Å²) in [6, 6.07) is 19.9. The van der Waals surface area contributed by atoms with Crippen molar-refractivity contribution in [2.24, 2.45) is 0 Å². The highest BCUT2D eigenvalue weighted by molar-refractivity contribution is 6.10. The number of para-hydroxylation sites is 1. The van der Waals surface area contributed by atoms with Crippen molar-refractivity contribution in [2.75, 3.05) is 0 Å². The van der Waals surface area contributed by atoms with Gasteiger partial charge < -0.3 is 14.1 Å². The molecule has 4 aromatic rings. The zero-order valence-corrected chi connectivity index (χ0v) is 14.9. The fraction of sp³-hybridized carbons (Fsp3) is 0.0435. The Balaban J connectivity index is 1.64. The second kappa shape index (κ2) is 7.80. The number of aromatic nitrogens is 1. The molecule has 1 unspecified atom stereocenters. The van der Waals surface area contributed by atoms with E-state index in [4.69, 9.17) is 9.15 Å². The maximum Gasteiger partial charge on any atom is 0.331 e. The first kappa shape index (κ1) is 17.5. The van der Waals surface area contributed by atoms with Crippen molar-refractivity contribution in [1.29, 1.82) is 0 Å². The number of nitrogens with one attached hydrogen (secondary N) is 1. The number of ketones is 1. The van der Waals surface area contributed by atoms with Crippen LogP contribution in [0.4, 0.5) is 0 Å². The maximum atomic E-state index is 13.2. The molecule has 0 saturated heterocycles. The summed E-state index contributed by atoms with van der Waals surface area (Å²) >= 11 is 0. The predicted molar refractivity (Wildman–Crippen MR) is 106 cm³/mol. The maximum absolute atomic E-state index is 13.2. The van der Waals surface area contributed by atoms with E-state index < -0.39 is 12.1 Å². The number of furan rings is 1. The average Bonchev–Trinajstić information content (AvgIpc) is 3.40. The van der Waals surface area contributed by atoms with Crippen molar-refractivity contribution in [3.63, 3.8) is 0 Å². The first-order valence-corrected chi connectivity index (χ1v) is 8.80. The van der Waals surface area contributed by atoms with E-state index in [2.05, 4.69) is 4.98 Å². The molecule has 0 amide bonds. The molecule has 2 aromatic carbocycles. The number of benzene rings is 2. The molecule has 0 spiro atoms. The minimum Gasteiger partial charge on any atom is -0.465 e. The molecule has 0 fully saturated rings. The second-order valence-electron chi connectivity index (χ2n) is 6.19. The molecule has 0 aliphatic rings. The van der Waals surface area contributed by atoms with Gasteiger partial charge >= 0.3 is 5.97 Å². The lowest BCUT2D eigenvalue weighted by atomic mass is 9.99. The van der Waals surface area contributed by atoms with E-state index in [-0.39, 0.29) is 5.78 Å². The third-order valence-electron chi connectivity index (χ3n) is 4.36. The first-order valence-electron chi connectivity index (χ1n) is 8.80. The highest BCUT2D eigenvalue weighted by Crippen LogP contribution is 2.27. The Kier molecular flexibility index (Phi) is 4.89. The number of hydrogen-bond acceptors (Lipinski definition) is 4. The average molecular weight is 371 g/mol. The van der Waals surface area contributed by atoms with Crippen LogP contribution in [0.15, 0.2) is 89.7 Å². The molecular weight excluding hydrogens is 354 g/mol. The van der Waals surface area contributed by atoms with Crippen LogP contribution in [0.25, 0.3) is 17.0 Å². The molecule has 0 radical (unpaired) electrons. The Bertz CT molecular complexity index is 1120. The minimum absolute atomic E-state index is 0.289. The van der Waals surface area contributed by atoms with Gasteiger partial charge in [-0.15, -0.1) is 0 Å². The third kappa shape index (κ3) is 3.64. The number of ether oxygens (including phenoxy) is 1. The molecule has 4 rings (SSSR count). The van der Waals surface area contributed by atoms with E-state index in [1.165, 1.54) is 18.4 Å². The molecule has 0 saturated carbocycles. The molecule has 1 atom stereocenters. The number of Topliss-reactive ketones (excluding diaryl/α,β-unsaturated/α-hetero) is 1. The van der Waals surface area contributed by atoms with E-state index in [0.717, 1.165) is 10.9 Å². The Hall–Kier alpha value is -3.86. The number of fused-ring (bicyclic) bond motifs is 1. The van der Waals surface area contributed by atoms with Crippen LogP contribution in [0.2, 0.25) is 0 Å². The number of esters is 1. The van der Waals surface area contributed by atoms with Crippen LogP contribution < -0.4 is 0 Å². The Labute approximate surface area is 161 Å². The van der Waals surface area contributed by atoms with E-state index in [1.807, 2.05) is 30.3 Å². The smallest absolute Gasteiger partial charge is 0.331 e. The zero-order valence-electron chi connectivity index (χ0n) is 14.9. The molecule has 138 valence electrons. The highest BCUT2D eigenvalue weighted by Gasteiger charge is 2.27. The molecule has 2 heterocycles. The summed E-state index contributed by atoms with van der Waals surface area (Å²) in [5, 5.41) is 0.788. The summed E-state index contributed by atoms with van der Waals surface area (Å²) in [5.41, 5.74) is 1.94. The van der Waals surface area contributed by atoms with Crippen molar-refractivity contribution < 1.29 is 18.7 Å². The van der Waals surface area contributed by atoms with E-state index >= 15 is 0 Å². The van der Waals surface area contributed by atoms with Gasteiger partial charge in [0.2, 0.25) is 5.78 Å². The Morgan fingerprint density at radius 1 is 0.964 bits per heavy atom. The molecule has 1 N–H and O–H groups in total. The quantitative estimate of drug-likeness (QED) is 0.296. The lowest BCUT2D eigenvalue weighted by molar-refractivity contribution is -0.141. The summed E-state index contributed by atoms with van der Waals surface area (Å²) in [4.78, 5) is 28.7. The van der Waals surface area contributed by atoms with Crippen LogP contribution in [-0.4, -0.2) is 16.7 Å². The van der Waals surface area contributed by atoms with Crippen LogP contribution in [0.3, 0.4) is 0 Å². The van der Waals surface area contributed by atoms with Gasteiger partial charge in [-0.25, -0.2) is 4.79 Å². The lowest BCUT2D eigenvalue weighted by Gasteiger charge is -2.16. The van der Waals surface area contributed by atoms with Crippen molar-refractivity contribution in [1.82, 2.24) is 4.98 Å². The van der Waals surface area contributed by atoms with Crippen molar-refractivity contribution in [3.8, 4) is 0 Å². The van der Waals surface area contributed by atoms with Gasteiger partial charge in [-0.2, -0.15) is 0 Å². The second-order valence-corrected chi connectivity index (χ2v) is 6.19. The largest absolute Gasteiger partial charge is 0.465 e. The van der Waals surface area contributed by atoms with Gasteiger partial charge in [0, 0.05) is 34.3 Å². The van der Waals surface area contributed by atoms with Crippen LogP contribution in [0, 0.1) is 0 Å². The predicted octanol–water partition coefficient (Wildman–Crippen LogP) is 4.94. The Morgan fingerprint density at radius 2 is 1.75 bits per heavy atom. The van der Waals surface area contributed by atoms with Gasteiger partial charge in [0.05, 0.1) is 6.26 Å². The van der Waals surface area contributed by atoms with E-state index in [0.29, 0.717) is 16.9 Å². The normalized spacial score (nSPS) is 12.3. The molecule has 5 heteroatoms. The zero-order chi connectivity index (χ0) is 19.3. The summed E-state index contributed by atoms with van der Waals surface area (Å²) in [6.07, 6.45) is 4.86. The summed E-state index contributed by atoms with van der Waals surface area (Å²) < 4.78 is 10.7. The molecule has 0 aliphatic carbocycles. The minimum atomic E-state index is -1.05. The van der Waals surface area contributed by atoms with Crippen LogP contribution >= 0.6 is 0 Å². The number of carbonyl (C=O) groups is 2. The van der Waals surface area contributed by atoms with Crippen molar-refractivity contribution in [2.45, 2.75) is 6.10 Å². The molecular formula is C23H17NO4. The van der Waals surface area contributed by atoms with Gasteiger partial charge in [-0.3, -0.25) is 4.79 Å². The number of H-pyrrole nitrogens is 1. The topological polar surface area (TPSA) is 72.3 Å². The van der Waals surface area contributed by atoms with Crippen molar-refractivity contribution in [3.05, 3.63) is 102 Å². The number of hydrogen-bond donors (Lipinski definition) is 1. The highest BCUT2D eigenvalue weighted by atomic mass is 16.5. The van der Waals surface area contributed by atoms with Gasteiger partial charge in [-0.1, -0.05) is 48.5 Å². The fourth-order valence-corrected chi connectivity index (χ4v) is 3.01. The molecule has 28 heavy (non-hydrogen) atoms. The van der Waals surface area contributed by atoms with Crippen LogP contribution in [0.5, 0.6) is 0 Å². The third-order valence-corrected chi connectivity index (χ3v) is 4.36. The lowest BCUT2D eigenvalue weighted by Crippen LogP contribution is -2.19. The standard InChI is InChI=1S/C23H17NO4/c25-21(13-12-17-9-6-14-27-17)28-23(16-7-2-1-3-8-16)22(26)19-15-24-20-11-5-4-10-18(19)20/h1-15,23-24H. The fourth-order valence-electron chi connectivity index (χ4n) is 3.01. The number of carbonyl (C=O) groups excluding carboxylic acids is 2. The van der Waals surface area contributed by atoms with E-state index in [1.54, 1.807) is 42.6 Å². The number of rotatable bonds is 6. The molecule has 0 bridgehead atoms. The molecule has 2 aromatic heterocycles. The van der Waals surface area contributed by atoms with Crippen LogP contribution in [-0.2, 0) is 9.53 Å². The SMILES string of the molecule is O=C(C=Cc1ccco1)OC(C(=O)c1c[nH]c2ccccc12)c1ccccc1. The van der Waals surface area contributed by atoms with E-state index in [9.17, 15) is 9.59 Å². The summed E-state index contributed by atoms with van der Waals surface area (Å²) in [5.74, 6) is -0.391. The van der Waals surface area contributed by atoms with Gasteiger partial charge in [0.25, 0.3) is 0 Å². The van der Waals surface area contributed by atoms with Gasteiger partial charge in [-0.05, 0) is 24.3 Å². The molecule has 0 aliphatic heterocycles. The van der Waals surface area contributed by atoms with Crippen molar-refractivity contribution >= 4 is 28.7 Å². The number of aromatic amines is 1. The molecule has 5 nitrogen and oxygen atoms in total. The monoisotopic (exact) mass is 371 g/mol.